The molecule has 0 bridgehead atoms. The summed E-state index contributed by atoms with van der Waals surface area (Å²) < 4.78 is 11.8. The Kier molecular flexibility index (Phi) is 5.95. The molecule has 128 valence electrons. The third-order valence-electron chi connectivity index (χ3n) is 3.59. The van der Waals surface area contributed by atoms with Crippen molar-refractivity contribution in [2.24, 2.45) is 0 Å². The Hall–Kier alpha value is -2.83. The normalized spacial score (nSPS) is 10.3. The highest BCUT2D eigenvalue weighted by molar-refractivity contribution is 5.97. The van der Waals surface area contributed by atoms with Gasteiger partial charge in [0.25, 0.3) is 11.5 Å². The quantitative estimate of drug-likeness (QED) is 0.826. The fraction of sp³-hybridized carbons (Fsp3) is 0.353. The first kappa shape index (κ1) is 17.5. The van der Waals surface area contributed by atoms with E-state index < -0.39 is 0 Å². The van der Waals surface area contributed by atoms with Crippen LogP contribution >= 0.6 is 0 Å². The van der Waals surface area contributed by atoms with E-state index in [0.717, 1.165) is 5.69 Å². The van der Waals surface area contributed by atoms with E-state index in [1.807, 2.05) is 6.92 Å². The van der Waals surface area contributed by atoms with Gasteiger partial charge in [-0.3, -0.25) is 14.2 Å². The SMILES string of the molecule is CCc1cc(=O)n(CCNC(=O)c2cc(OC)ccc2OC)cn1. The van der Waals surface area contributed by atoms with E-state index in [-0.39, 0.29) is 11.5 Å². The number of benzene rings is 1. The zero-order chi connectivity index (χ0) is 17.5. The van der Waals surface area contributed by atoms with Crippen molar-refractivity contribution in [1.29, 1.82) is 0 Å². The Morgan fingerprint density at radius 3 is 2.67 bits per heavy atom. The zero-order valence-corrected chi connectivity index (χ0v) is 14.0. The molecule has 2 aromatic rings. The van der Waals surface area contributed by atoms with Gasteiger partial charge in [0, 0.05) is 24.8 Å². The van der Waals surface area contributed by atoms with Crippen LogP contribution in [0.3, 0.4) is 0 Å². The maximum absolute atomic E-state index is 12.3. The fourth-order valence-corrected chi connectivity index (χ4v) is 2.20. The molecule has 0 atom stereocenters. The van der Waals surface area contributed by atoms with E-state index in [2.05, 4.69) is 10.3 Å². The van der Waals surface area contributed by atoms with Crippen molar-refractivity contribution in [2.45, 2.75) is 19.9 Å². The van der Waals surface area contributed by atoms with Crippen molar-refractivity contribution in [3.8, 4) is 11.5 Å². The van der Waals surface area contributed by atoms with Crippen LogP contribution in [0.15, 0.2) is 35.4 Å². The predicted octanol–water partition coefficient (Wildman–Crippen LogP) is 1.25. The van der Waals surface area contributed by atoms with Gasteiger partial charge in [-0.15, -0.1) is 0 Å². The monoisotopic (exact) mass is 331 g/mol. The van der Waals surface area contributed by atoms with E-state index in [1.54, 1.807) is 18.2 Å². The molecule has 1 aromatic heterocycles. The number of rotatable bonds is 7. The molecule has 0 spiro atoms. The molecule has 0 saturated carbocycles. The van der Waals surface area contributed by atoms with Crippen LogP contribution in [0.2, 0.25) is 0 Å². The third-order valence-corrected chi connectivity index (χ3v) is 3.59. The van der Waals surface area contributed by atoms with Crippen LogP contribution < -0.4 is 20.3 Å². The smallest absolute Gasteiger partial charge is 0.255 e. The molecule has 1 amide bonds. The maximum Gasteiger partial charge on any atom is 0.255 e. The number of methoxy groups -OCH3 is 2. The molecule has 0 fully saturated rings. The molecule has 0 radical (unpaired) electrons. The maximum atomic E-state index is 12.3. The number of nitrogens with one attached hydrogen (secondary N) is 1. The lowest BCUT2D eigenvalue weighted by Gasteiger charge is -2.11. The summed E-state index contributed by atoms with van der Waals surface area (Å²) >= 11 is 0. The van der Waals surface area contributed by atoms with Crippen LogP contribution in [0.4, 0.5) is 0 Å². The molecule has 0 aliphatic carbocycles. The van der Waals surface area contributed by atoms with Crippen LogP contribution in [-0.4, -0.2) is 36.2 Å². The summed E-state index contributed by atoms with van der Waals surface area (Å²) in [4.78, 5) is 28.4. The summed E-state index contributed by atoms with van der Waals surface area (Å²) in [5.41, 5.74) is 1.00. The first-order valence-corrected chi connectivity index (χ1v) is 7.64. The Labute approximate surface area is 140 Å². The number of hydrogen-bond acceptors (Lipinski definition) is 5. The van der Waals surface area contributed by atoms with E-state index in [1.165, 1.54) is 31.2 Å². The highest BCUT2D eigenvalue weighted by Gasteiger charge is 2.13. The highest BCUT2D eigenvalue weighted by atomic mass is 16.5. The van der Waals surface area contributed by atoms with Crippen molar-refractivity contribution in [3.63, 3.8) is 0 Å². The summed E-state index contributed by atoms with van der Waals surface area (Å²) in [7, 11) is 3.03. The van der Waals surface area contributed by atoms with Gasteiger partial charge >= 0.3 is 0 Å². The van der Waals surface area contributed by atoms with Gasteiger partial charge in [0.2, 0.25) is 0 Å². The van der Waals surface area contributed by atoms with E-state index in [4.69, 9.17) is 9.47 Å². The molecule has 0 unspecified atom stereocenters. The van der Waals surface area contributed by atoms with Gasteiger partial charge < -0.3 is 14.8 Å². The molecule has 2 rings (SSSR count). The molecular weight excluding hydrogens is 310 g/mol. The lowest BCUT2D eigenvalue weighted by Crippen LogP contribution is -2.31. The fourth-order valence-electron chi connectivity index (χ4n) is 2.20. The predicted molar refractivity (Wildman–Crippen MR) is 89.8 cm³/mol. The Morgan fingerprint density at radius 1 is 1.25 bits per heavy atom. The number of amides is 1. The van der Waals surface area contributed by atoms with E-state index in [9.17, 15) is 9.59 Å². The molecule has 7 nitrogen and oxygen atoms in total. The Bertz CT molecular complexity index is 771. The minimum atomic E-state index is -0.295. The van der Waals surface area contributed by atoms with Crippen molar-refractivity contribution in [1.82, 2.24) is 14.9 Å². The Balaban J connectivity index is 2.02. The van der Waals surface area contributed by atoms with Gasteiger partial charge in [0.05, 0.1) is 26.1 Å². The number of hydrogen-bond donors (Lipinski definition) is 1. The number of aromatic nitrogens is 2. The van der Waals surface area contributed by atoms with Crippen LogP contribution in [-0.2, 0) is 13.0 Å². The van der Waals surface area contributed by atoms with Crippen LogP contribution in [0, 0.1) is 0 Å². The topological polar surface area (TPSA) is 82.5 Å². The molecular formula is C17H21N3O4. The summed E-state index contributed by atoms with van der Waals surface area (Å²) in [5, 5.41) is 2.77. The average Bonchev–Trinajstić information content (AvgIpc) is 2.62. The minimum absolute atomic E-state index is 0.130. The van der Waals surface area contributed by atoms with Gasteiger partial charge in [-0.25, -0.2) is 4.98 Å². The summed E-state index contributed by atoms with van der Waals surface area (Å²) in [6.07, 6.45) is 2.21. The molecule has 1 heterocycles. The summed E-state index contributed by atoms with van der Waals surface area (Å²) in [6.45, 7) is 2.58. The van der Waals surface area contributed by atoms with Gasteiger partial charge in [-0.1, -0.05) is 6.92 Å². The lowest BCUT2D eigenvalue weighted by molar-refractivity contribution is 0.0948. The highest BCUT2D eigenvalue weighted by Crippen LogP contribution is 2.23. The average molecular weight is 331 g/mol. The number of carbonyl (C=O) groups is 1. The molecule has 1 N–H and O–H groups in total. The van der Waals surface area contributed by atoms with E-state index >= 15 is 0 Å². The van der Waals surface area contributed by atoms with Gasteiger partial charge in [0.1, 0.15) is 11.5 Å². The third kappa shape index (κ3) is 4.13. The van der Waals surface area contributed by atoms with E-state index in [0.29, 0.717) is 36.6 Å². The van der Waals surface area contributed by atoms with Gasteiger partial charge in [-0.2, -0.15) is 0 Å². The molecule has 0 aliphatic rings. The van der Waals surface area contributed by atoms with Crippen molar-refractivity contribution < 1.29 is 14.3 Å². The molecule has 7 heteroatoms. The molecule has 24 heavy (non-hydrogen) atoms. The standard InChI is InChI=1S/C17H21N3O4/c1-4-12-9-16(21)20(11-19-12)8-7-18-17(22)14-10-13(23-2)5-6-15(14)24-3/h5-6,9-11H,4,7-8H2,1-3H3,(H,18,22). The second-order valence-corrected chi connectivity index (χ2v) is 5.09. The largest absolute Gasteiger partial charge is 0.497 e. The minimum Gasteiger partial charge on any atom is -0.497 e. The second-order valence-electron chi connectivity index (χ2n) is 5.09. The molecule has 0 aliphatic heterocycles. The number of carbonyl (C=O) groups excluding carboxylic acids is 1. The first-order valence-electron chi connectivity index (χ1n) is 7.64. The molecule has 0 saturated heterocycles. The zero-order valence-electron chi connectivity index (χ0n) is 14.0. The Morgan fingerprint density at radius 2 is 2.04 bits per heavy atom. The lowest BCUT2D eigenvalue weighted by atomic mass is 10.1. The van der Waals surface area contributed by atoms with Gasteiger partial charge in [-0.05, 0) is 24.6 Å². The van der Waals surface area contributed by atoms with Crippen LogP contribution in [0.5, 0.6) is 11.5 Å². The summed E-state index contributed by atoms with van der Waals surface area (Å²) in [5.74, 6) is 0.730. The number of ether oxygens (including phenoxy) is 2. The van der Waals surface area contributed by atoms with Crippen molar-refractivity contribution in [3.05, 3.63) is 52.2 Å². The van der Waals surface area contributed by atoms with Crippen LogP contribution in [0.25, 0.3) is 0 Å². The molecule has 1 aromatic carbocycles. The first-order chi connectivity index (χ1) is 11.6. The van der Waals surface area contributed by atoms with Crippen LogP contribution in [0.1, 0.15) is 23.0 Å². The van der Waals surface area contributed by atoms with Crippen molar-refractivity contribution >= 4 is 5.91 Å². The second kappa shape index (κ2) is 8.14. The van der Waals surface area contributed by atoms with Gasteiger partial charge in [0.15, 0.2) is 0 Å². The number of aryl methyl sites for hydroxylation is 1. The number of nitrogens with zero attached hydrogens (tertiary/aromatic N) is 2. The van der Waals surface area contributed by atoms with Crippen molar-refractivity contribution in [2.75, 3.05) is 20.8 Å². The summed E-state index contributed by atoms with van der Waals surface area (Å²) in [6, 6.07) is 6.51.